The predicted octanol–water partition coefficient (Wildman–Crippen LogP) is 4.84. The van der Waals surface area contributed by atoms with E-state index in [0.29, 0.717) is 23.4 Å². The Bertz CT molecular complexity index is 1230. The molecule has 0 bridgehead atoms. The summed E-state index contributed by atoms with van der Waals surface area (Å²) >= 11 is 0. The number of anilines is 1. The summed E-state index contributed by atoms with van der Waals surface area (Å²) in [5, 5.41) is 4.36. The van der Waals surface area contributed by atoms with Gasteiger partial charge in [0.2, 0.25) is 0 Å². The van der Waals surface area contributed by atoms with Crippen LogP contribution in [0.15, 0.2) is 54.9 Å². The molecule has 1 aliphatic heterocycles. The summed E-state index contributed by atoms with van der Waals surface area (Å²) in [6.45, 7) is 4.07. The number of aromatic nitrogens is 3. The summed E-state index contributed by atoms with van der Waals surface area (Å²) in [4.78, 5) is 8.84. The topological polar surface area (TPSA) is 78.0 Å². The maximum Gasteiger partial charge on any atom is 0.146 e. The molecule has 7 heteroatoms. The fraction of sp³-hybridized carbons (Fsp3) is 0.250. The number of hydrogen-bond donors (Lipinski definition) is 2. The van der Waals surface area contributed by atoms with Crippen molar-refractivity contribution in [1.82, 2.24) is 19.9 Å². The largest absolute Gasteiger partial charge is 0.457 e. The van der Waals surface area contributed by atoms with E-state index in [2.05, 4.69) is 26.8 Å². The van der Waals surface area contributed by atoms with Crippen LogP contribution in [0.3, 0.4) is 0 Å². The van der Waals surface area contributed by atoms with Crippen LogP contribution < -0.4 is 15.8 Å². The van der Waals surface area contributed by atoms with Crippen molar-refractivity contribution >= 4 is 16.9 Å². The first kappa shape index (κ1) is 19.5. The lowest BCUT2D eigenvalue weighted by Gasteiger charge is -2.26. The summed E-state index contributed by atoms with van der Waals surface area (Å²) in [7, 11) is 0. The minimum Gasteiger partial charge on any atom is -0.457 e. The number of nitrogens with one attached hydrogen (secondary N) is 1. The molecule has 1 aliphatic rings. The number of piperidine rings is 1. The van der Waals surface area contributed by atoms with Crippen LogP contribution in [0, 0.1) is 12.7 Å². The summed E-state index contributed by atoms with van der Waals surface area (Å²) in [6.07, 6.45) is 3.76. The number of benzene rings is 2. The molecule has 5 rings (SSSR count). The Labute approximate surface area is 179 Å². The van der Waals surface area contributed by atoms with Crippen molar-refractivity contribution in [3.63, 3.8) is 0 Å². The van der Waals surface area contributed by atoms with Gasteiger partial charge in [-0.15, -0.1) is 0 Å². The zero-order valence-electron chi connectivity index (χ0n) is 17.3. The molecule has 3 N–H and O–H groups in total. The van der Waals surface area contributed by atoms with Gasteiger partial charge in [0.05, 0.1) is 5.39 Å². The molecule has 0 radical (unpaired) electrons. The van der Waals surface area contributed by atoms with Gasteiger partial charge in [-0.2, -0.15) is 0 Å². The summed E-state index contributed by atoms with van der Waals surface area (Å²) in [6, 6.07) is 14.2. The Morgan fingerprint density at radius 2 is 1.97 bits per heavy atom. The highest BCUT2D eigenvalue weighted by atomic mass is 19.1. The highest BCUT2D eigenvalue weighted by Gasteiger charge is 2.25. The van der Waals surface area contributed by atoms with E-state index in [1.807, 2.05) is 24.3 Å². The Kier molecular flexibility index (Phi) is 5.03. The number of halogens is 1. The van der Waals surface area contributed by atoms with Crippen molar-refractivity contribution in [2.24, 2.45) is 0 Å². The summed E-state index contributed by atoms with van der Waals surface area (Å²) in [5.74, 6) is 1.25. The Morgan fingerprint density at radius 1 is 1.13 bits per heavy atom. The average Bonchev–Trinajstić information content (AvgIpc) is 3.08. The van der Waals surface area contributed by atoms with Crippen LogP contribution >= 0.6 is 0 Å². The summed E-state index contributed by atoms with van der Waals surface area (Å²) in [5.41, 5.74) is 10.4. The molecule has 2 aromatic heterocycles. The molecule has 4 aromatic rings. The number of hydrogen-bond acceptors (Lipinski definition) is 5. The van der Waals surface area contributed by atoms with Crippen LogP contribution in [0.25, 0.3) is 22.2 Å². The third kappa shape index (κ3) is 3.61. The standard InChI is InChI=1S/C24H24FN5O/c1-15-21(16-7-9-19(10-8-16)31-20-6-2-4-17(25)12-20)22-23(26)28-14-29-24(22)30(15)18-5-3-11-27-13-18/h2,4,6-10,12,14,18,27H,3,5,11,13H2,1H3,(H2,26,28,29)/t18-/m1/s1. The second-order valence-corrected chi connectivity index (χ2v) is 7.87. The van der Waals surface area contributed by atoms with E-state index in [4.69, 9.17) is 10.5 Å². The van der Waals surface area contributed by atoms with Gasteiger partial charge in [-0.25, -0.2) is 14.4 Å². The fourth-order valence-corrected chi connectivity index (χ4v) is 4.48. The lowest BCUT2D eigenvalue weighted by Crippen LogP contribution is -2.32. The molecule has 1 fully saturated rings. The van der Waals surface area contributed by atoms with Crippen LogP contribution in [-0.2, 0) is 0 Å². The molecule has 0 unspecified atom stereocenters. The second kappa shape index (κ2) is 8.00. The van der Waals surface area contributed by atoms with E-state index >= 15 is 0 Å². The van der Waals surface area contributed by atoms with Crippen LogP contribution in [0.2, 0.25) is 0 Å². The molecule has 0 amide bonds. The quantitative estimate of drug-likeness (QED) is 0.497. The number of ether oxygens (including phenoxy) is 1. The molecule has 0 spiro atoms. The highest BCUT2D eigenvalue weighted by Crippen LogP contribution is 2.39. The molecular formula is C24H24FN5O. The first-order valence-corrected chi connectivity index (χ1v) is 10.5. The minimum absolute atomic E-state index is 0.328. The van der Waals surface area contributed by atoms with Crippen molar-refractivity contribution < 1.29 is 9.13 Å². The van der Waals surface area contributed by atoms with Crippen LogP contribution in [-0.4, -0.2) is 27.6 Å². The van der Waals surface area contributed by atoms with Gasteiger partial charge in [0, 0.05) is 29.9 Å². The van der Waals surface area contributed by atoms with Crippen molar-refractivity contribution in [1.29, 1.82) is 0 Å². The van der Waals surface area contributed by atoms with Crippen molar-refractivity contribution in [3.05, 3.63) is 66.4 Å². The van der Waals surface area contributed by atoms with Gasteiger partial charge in [0.25, 0.3) is 0 Å². The first-order chi connectivity index (χ1) is 15.1. The maximum absolute atomic E-state index is 13.4. The summed E-state index contributed by atoms with van der Waals surface area (Å²) < 4.78 is 21.5. The lowest BCUT2D eigenvalue weighted by atomic mass is 10.0. The molecule has 1 saturated heterocycles. The molecule has 31 heavy (non-hydrogen) atoms. The van der Waals surface area contributed by atoms with Gasteiger partial charge in [-0.05, 0) is 56.1 Å². The van der Waals surface area contributed by atoms with E-state index in [-0.39, 0.29) is 5.82 Å². The second-order valence-electron chi connectivity index (χ2n) is 7.87. The van der Waals surface area contributed by atoms with Crippen molar-refractivity contribution in [3.8, 4) is 22.6 Å². The highest BCUT2D eigenvalue weighted by molar-refractivity contribution is 6.02. The third-order valence-corrected chi connectivity index (χ3v) is 5.87. The first-order valence-electron chi connectivity index (χ1n) is 10.5. The van der Waals surface area contributed by atoms with E-state index < -0.39 is 0 Å². The number of nitrogens with zero attached hydrogens (tertiary/aromatic N) is 3. The lowest BCUT2D eigenvalue weighted by molar-refractivity contribution is 0.374. The van der Waals surface area contributed by atoms with Crippen LogP contribution in [0.4, 0.5) is 10.2 Å². The zero-order valence-corrected chi connectivity index (χ0v) is 17.3. The van der Waals surface area contributed by atoms with Gasteiger partial charge in [0.15, 0.2) is 0 Å². The number of nitrogen functional groups attached to an aromatic ring is 1. The van der Waals surface area contributed by atoms with E-state index in [0.717, 1.165) is 53.8 Å². The fourth-order valence-electron chi connectivity index (χ4n) is 4.48. The third-order valence-electron chi connectivity index (χ3n) is 5.87. The molecule has 2 aromatic carbocycles. The molecule has 3 heterocycles. The van der Waals surface area contributed by atoms with E-state index in [9.17, 15) is 4.39 Å². The number of nitrogens with two attached hydrogens (primary N) is 1. The number of fused-ring (bicyclic) bond motifs is 1. The Hall–Kier alpha value is -3.45. The van der Waals surface area contributed by atoms with E-state index in [1.165, 1.54) is 18.5 Å². The number of rotatable bonds is 4. The maximum atomic E-state index is 13.4. The van der Waals surface area contributed by atoms with Gasteiger partial charge in [-0.3, -0.25) is 0 Å². The van der Waals surface area contributed by atoms with Gasteiger partial charge in [0.1, 0.15) is 35.1 Å². The molecular weight excluding hydrogens is 393 g/mol. The van der Waals surface area contributed by atoms with Crippen LogP contribution in [0.1, 0.15) is 24.6 Å². The zero-order chi connectivity index (χ0) is 21.4. The minimum atomic E-state index is -0.328. The van der Waals surface area contributed by atoms with Crippen molar-refractivity contribution in [2.75, 3.05) is 18.8 Å². The smallest absolute Gasteiger partial charge is 0.146 e. The Morgan fingerprint density at radius 3 is 2.71 bits per heavy atom. The monoisotopic (exact) mass is 417 g/mol. The van der Waals surface area contributed by atoms with Gasteiger partial charge >= 0.3 is 0 Å². The molecule has 0 saturated carbocycles. The van der Waals surface area contributed by atoms with Gasteiger partial charge in [-0.1, -0.05) is 18.2 Å². The van der Waals surface area contributed by atoms with E-state index in [1.54, 1.807) is 12.1 Å². The SMILES string of the molecule is Cc1c(-c2ccc(Oc3cccc(F)c3)cc2)c2c(N)ncnc2n1[C@@H]1CCCNC1. The molecule has 1 atom stereocenters. The normalized spacial score (nSPS) is 16.5. The average molecular weight is 417 g/mol. The Balaban J connectivity index is 1.56. The predicted molar refractivity (Wildman–Crippen MR) is 120 cm³/mol. The molecule has 0 aliphatic carbocycles. The molecule has 6 nitrogen and oxygen atoms in total. The molecule has 158 valence electrons. The van der Waals surface area contributed by atoms with Crippen LogP contribution in [0.5, 0.6) is 11.5 Å². The van der Waals surface area contributed by atoms with Crippen molar-refractivity contribution in [2.45, 2.75) is 25.8 Å². The van der Waals surface area contributed by atoms with Gasteiger partial charge < -0.3 is 20.4 Å².